The topological polar surface area (TPSA) is 84.7 Å². The molecule has 1 aliphatic carbocycles. The van der Waals surface area contributed by atoms with Crippen LogP contribution in [-0.2, 0) is 4.79 Å². The minimum Gasteiger partial charge on any atom is -0.376 e. The molecule has 0 saturated heterocycles. The lowest BCUT2D eigenvalue weighted by atomic mass is 10.1. The molecule has 1 aliphatic rings. The number of amides is 1. The van der Waals surface area contributed by atoms with Crippen LogP contribution in [0.1, 0.15) is 37.4 Å². The van der Waals surface area contributed by atoms with E-state index in [2.05, 4.69) is 26.2 Å². The highest BCUT2D eigenvalue weighted by Crippen LogP contribution is 2.36. The van der Waals surface area contributed by atoms with E-state index in [1.165, 1.54) is 0 Å². The van der Waals surface area contributed by atoms with E-state index in [0.717, 1.165) is 35.5 Å². The van der Waals surface area contributed by atoms with Gasteiger partial charge < -0.3 is 10.6 Å². The van der Waals surface area contributed by atoms with Crippen molar-refractivity contribution < 1.29 is 4.79 Å². The van der Waals surface area contributed by atoms with Crippen LogP contribution in [0.4, 0.5) is 5.69 Å². The Bertz CT molecular complexity index is 950. The number of rotatable bonds is 7. The van der Waals surface area contributed by atoms with E-state index in [1.807, 2.05) is 60.1 Å². The molecular weight excluding hydrogens is 376 g/mol. The third-order valence-electron chi connectivity index (χ3n) is 4.73. The van der Waals surface area contributed by atoms with E-state index in [-0.39, 0.29) is 18.5 Å². The summed E-state index contributed by atoms with van der Waals surface area (Å²) in [7, 11) is 0. The van der Waals surface area contributed by atoms with Crippen molar-refractivity contribution in [2.24, 2.45) is 0 Å². The highest BCUT2D eigenvalue weighted by atomic mass is 35.5. The van der Waals surface area contributed by atoms with Crippen LogP contribution in [-0.4, -0.2) is 32.7 Å². The van der Waals surface area contributed by atoms with Crippen molar-refractivity contribution in [3.8, 4) is 11.4 Å². The monoisotopic (exact) mass is 396 g/mol. The van der Waals surface area contributed by atoms with Crippen LogP contribution in [0.3, 0.4) is 0 Å². The SMILES string of the molecule is CC(NC(=O)CNc1ccc(-c2nnnn2C2CC2)cc1)c1ccc(Cl)cc1. The molecule has 1 unspecified atom stereocenters. The summed E-state index contributed by atoms with van der Waals surface area (Å²) in [5, 5.41) is 18.8. The van der Waals surface area contributed by atoms with Gasteiger partial charge in [0, 0.05) is 16.3 Å². The van der Waals surface area contributed by atoms with Gasteiger partial charge in [-0.05, 0) is 72.2 Å². The number of nitrogens with one attached hydrogen (secondary N) is 2. The molecule has 1 aromatic heterocycles. The molecule has 0 bridgehead atoms. The summed E-state index contributed by atoms with van der Waals surface area (Å²) in [6.07, 6.45) is 2.25. The van der Waals surface area contributed by atoms with Gasteiger partial charge in [0.15, 0.2) is 5.82 Å². The standard InChI is InChI=1S/C20H21ClN6O/c1-13(14-2-6-16(21)7-3-14)23-19(28)12-22-17-8-4-15(5-9-17)20-24-25-26-27(20)18-10-11-18/h2-9,13,18,22H,10-12H2,1H3,(H,23,28). The Balaban J connectivity index is 1.31. The first-order valence-electron chi connectivity index (χ1n) is 9.27. The van der Waals surface area contributed by atoms with Gasteiger partial charge >= 0.3 is 0 Å². The Morgan fingerprint density at radius 3 is 2.57 bits per heavy atom. The fourth-order valence-electron chi connectivity index (χ4n) is 3.00. The highest BCUT2D eigenvalue weighted by molar-refractivity contribution is 6.30. The fraction of sp³-hybridized carbons (Fsp3) is 0.300. The number of carbonyl (C=O) groups is 1. The summed E-state index contributed by atoms with van der Waals surface area (Å²) < 4.78 is 1.88. The molecule has 0 aliphatic heterocycles. The number of tetrazole rings is 1. The van der Waals surface area contributed by atoms with Gasteiger partial charge in [0.25, 0.3) is 0 Å². The van der Waals surface area contributed by atoms with Crippen LogP contribution >= 0.6 is 11.6 Å². The minimum absolute atomic E-state index is 0.0794. The van der Waals surface area contributed by atoms with Crippen LogP contribution in [0.25, 0.3) is 11.4 Å². The van der Waals surface area contributed by atoms with E-state index in [0.29, 0.717) is 11.1 Å². The summed E-state index contributed by atoms with van der Waals surface area (Å²) in [6, 6.07) is 15.6. The fourth-order valence-corrected chi connectivity index (χ4v) is 3.12. The van der Waals surface area contributed by atoms with Crippen molar-refractivity contribution in [1.82, 2.24) is 25.5 Å². The largest absolute Gasteiger partial charge is 0.376 e. The molecule has 8 heteroatoms. The third kappa shape index (κ3) is 4.31. The first kappa shape index (κ1) is 18.4. The summed E-state index contributed by atoms with van der Waals surface area (Å²) in [5.41, 5.74) is 2.84. The van der Waals surface area contributed by atoms with E-state index in [9.17, 15) is 4.79 Å². The smallest absolute Gasteiger partial charge is 0.239 e. The van der Waals surface area contributed by atoms with Gasteiger partial charge in [-0.25, -0.2) is 4.68 Å². The van der Waals surface area contributed by atoms with Gasteiger partial charge in [0.1, 0.15) is 0 Å². The Kier molecular flexibility index (Phi) is 5.25. The Labute approximate surface area is 168 Å². The predicted molar refractivity (Wildman–Crippen MR) is 108 cm³/mol. The number of nitrogens with zero attached hydrogens (tertiary/aromatic N) is 4. The number of aromatic nitrogens is 4. The zero-order valence-corrected chi connectivity index (χ0v) is 16.2. The second-order valence-electron chi connectivity index (χ2n) is 6.95. The number of hydrogen-bond donors (Lipinski definition) is 2. The van der Waals surface area contributed by atoms with Crippen molar-refractivity contribution in [2.45, 2.75) is 31.8 Å². The molecule has 2 N–H and O–H groups in total. The number of hydrogen-bond acceptors (Lipinski definition) is 5. The molecule has 1 amide bonds. The lowest BCUT2D eigenvalue weighted by molar-refractivity contribution is -0.120. The molecule has 1 atom stereocenters. The van der Waals surface area contributed by atoms with Crippen LogP contribution in [0, 0.1) is 0 Å². The van der Waals surface area contributed by atoms with E-state index in [4.69, 9.17) is 11.6 Å². The van der Waals surface area contributed by atoms with Crippen LogP contribution < -0.4 is 10.6 Å². The number of carbonyl (C=O) groups excluding carboxylic acids is 1. The van der Waals surface area contributed by atoms with Gasteiger partial charge in [0.05, 0.1) is 18.6 Å². The van der Waals surface area contributed by atoms with E-state index in [1.54, 1.807) is 0 Å². The molecule has 2 aromatic carbocycles. The first-order valence-corrected chi connectivity index (χ1v) is 9.65. The van der Waals surface area contributed by atoms with Gasteiger partial charge in [-0.3, -0.25) is 4.79 Å². The molecule has 1 fully saturated rings. The number of halogens is 1. The molecule has 4 rings (SSSR count). The number of anilines is 1. The second kappa shape index (κ2) is 7.98. The van der Waals surface area contributed by atoms with Crippen molar-refractivity contribution >= 4 is 23.2 Å². The lowest BCUT2D eigenvalue weighted by Gasteiger charge is -2.15. The average Bonchev–Trinajstić information content (AvgIpc) is 3.44. The zero-order valence-electron chi connectivity index (χ0n) is 15.5. The van der Waals surface area contributed by atoms with Gasteiger partial charge in [-0.1, -0.05) is 23.7 Å². The maximum atomic E-state index is 12.2. The summed E-state index contributed by atoms with van der Waals surface area (Å²) in [6.45, 7) is 2.14. The first-order chi connectivity index (χ1) is 13.6. The molecule has 28 heavy (non-hydrogen) atoms. The van der Waals surface area contributed by atoms with Crippen LogP contribution in [0.5, 0.6) is 0 Å². The second-order valence-corrected chi connectivity index (χ2v) is 7.39. The maximum absolute atomic E-state index is 12.2. The normalized spacial score (nSPS) is 14.5. The molecular formula is C20H21ClN6O. The van der Waals surface area contributed by atoms with Crippen LogP contribution in [0.2, 0.25) is 5.02 Å². The number of benzene rings is 2. The van der Waals surface area contributed by atoms with Gasteiger partial charge in [0.2, 0.25) is 5.91 Å². The molecule has 1 heterocycles. The summed E-state index contributed by atoms with van der Waals surface area (Å²) >= 11 is 5.90. The van der Waals surface area contributed by atoms with E-state index < -0.39 is 0 Å². The average molecular weight is 397 g/mol. The van der Waals surface area contributed by atoms with Crippen LogP contribution in [0.15, 0.2) is 48.5 Å². The van der Waals surface area contributed by atoms with Crippen molar-refractivity contribution in [3.05, 3.63) is 59.1 Å². The Morgan fingerprint density at radius 2 is 1.89 bits per heavy atom. The molecule has 1 saturated carbocycles. The van der Waals surface area contributed by atoms with Gasteiger partial charge in [-0.15, -0.1) is 5.10 Å². The van der Waals surface area contributed by atoms with Crippen molar-refractivity contribution in [2.75, 3.05) is 11.9 Å². The molecule has 0 radical (unpaired) electrons. The zero-order chi connectivity index (χ0) is 19.5. The molecule has 0 spiro atoms. The molecule has 7 nitrogen and oxygen atoms in total. The molecule has 144 valence electrons. The summed E-state index contributed by atoms with van der Waals surface area (Å²) in [4.78, 5) is 12.2. The Morgan fingerprint density at radius 1 is 1.18 bits per heavy atom. The van der Waals surface area contributed by atoms with Crippen molar-refractivity contribution in [1.29, 1.82) is 0 Å². The Hall–Kier alpha value is -2.93. The van der Waals surface area contributed by atoms with Crippen molar-refractivity contribution in [3.63, 3.8) is 0 Å². The summed E-state index contributed by atoms with van der Waals surface area (Å²) in [5.74, 6) is 0.702. The molecule has 3 aromatic rings. The minimum atomic E-state index is -0.0878. The lowest BCUT2D eigenvalue weighted by Crippen LogP contribution is -2.32. The quantitative estimate of drug-likeness (QED) is 0.637. The predicted octanol–water partition coefficient (Wildman–Crippen LogP) is 3.62. The van der Waals surface area contributed by atoms with Gasteiger partial charge in [-0.2, -0.15) is 0 Å². The van der Waals surface area contributed by atoms with E-state index >= 15 is 0 Å². The highest BCUT2D eigenvalue weighted by Gasteiger charge is 2.28. The third-order valence-corrected chi connectivity index (χ3v) is 4.98. The maximum Gasteiger partial charge on any atom is 0.239 e.